The molecule has 2 aromatic rings. The molecule has 2 fully saturated rings. The summed E-state index contributed by atoms with van der Waals surface area (Å²) in [5, 5.41) is 13.0. The van der Waals surface area contributed by atoms with Crippen LogP contribution in [-0.2, 0) is 9.53 Å². The molecule has 2 amide bonds. The minimum atomic E-state index is -0.753. The highest BCUT2D eigenvalue weighted by molar-refractivity contribution is 5.97. The van der Waals surface area contributed by atoms with Crippen LogP contribution in [0.5, 0.6) is 0 Å². The van der Waals surface area contributed by atoms with Crippen LogP contribution in [-0.4, -0.2) is 102 Å². The number of nitrogens with two attached hydrogens (primary N) is 1. The molecule has 2 saturated heterocycles. The summed E-state index contributed by atoms with van der Waals surface area (Å²) >= 11 is 0. The molecule has 36 heavy (non-hydrogen) atoms. The Morgan fingerprint density at radius 3 is 2.64 bits per heavy atom. The number of hydrogen-bond donors (Lipinski definition) is 3. The van der Waals surface area contributed by atoms with Crippen molar-refractivity contribution in [3.05, 3.63) is 35.5 Å². The van der Waals surface area contributed by atoms with Crippen molar-refractivity contribution in [3.8, 4) is 0 Å². The fourth-order valence-electron chi connectivity index (χ4n) is 4.23. The van der Waals surface area contributed by atoms with Crippen LogP contribution in [0, 0.1) is 0 Å². The van der Waals surface area contributed by atoms with Gasteiger partial charge in [0.1, 0.15) is 6.29 Å². The number of likely N-dealkylation sites (N-methyl/N-ethyl adjacent to an activating group) is 1. The first-order valence-electron chi connectivity index (χ1n) is 11.9. The van der Waals surface area contributed by atoms with E-state index in [4.69, 9.17) is 10.5 Å². The average Bonchev–Trinajstić information content (AvgIpc) is 2.89. The molecule has 13 heteroatoms. The van der Waals surface area contributed by atoms with E-state index in [2.05, 4.69) is 25.9 Å². The number of anilines is 3. The molecule has 2 aliphatic heterocycles. The van der Waals surface area contributed by atoms with E-state index >= 15 is 0 Å². The van der Waals surface area contributed by atoms with Gasteiger partial charge in [-0.15, -0.1) is 10.2 Å². The Morgan fingerprint density at radius 2 is 1.94 bits per heavy atom. The summed E-state index contributed by atoms with van der Waals surface area (Å²) in [5.74, 6) is -0.253. The summed E-state index contributed by atoms with van der Waals surface area (Å²) in [4.78, 5) is 43.7. The zero-order valence-corrected chi connectivity index (χ0v) is 20.2. The van der Waals surface area contributed by atoms with Crippen molar-refractivity contribution in [2.75, 3.05) is 63.2 Å². The molecule has 1 aromatic heterocycles. The second-order valence-corrected chi connectivity index (χ2v) is 8.74. The molecule has 192 valence electrons. The highest BCUT2D eigenvalue weighted by Gasteiger charge is 2.25. The van der Waals surface area contributed by atoms with Crippen LogP contribution in [0.4, 0.5) is 17.5 Å². The Morgan fingerprint density at radius 1 is 1.19 bits per heavy atom. The van der Waals surface area contributed by atoms with E-state index in [1.165, 1.54) is 0 Å². The Kier molecular flexibility index (Phi) is 8.36. The van der Waals surface area contributed by atoms with Gasteiger partial charge in [-0.2, -0.15) is 4.98 Å². The fraction of sp³-hybridized carbons (Fsp3) is 0.478. The van der Waals surface area contributed by atoms with Crippen LogP contribution in [0.3, 0.4) is 0 Å². The van der Waals surface area contributed by atoms with Crippen LogP contribution in [0.1, 0.15) is 33.7 Å². The van der Waals surface area contributed by atoms with Crippen LogP contribution in [0.25, 0.3) is 0 Å². The molecule has 4 rings (SSSR count). The average molecular weight is 498 g/mol. The second kappa shape index (κ2) is 11.8. The fourth-order valence-corrected chi connectivity index (χ4v) is 4.23. The standard InChI is InChI=1S/C23H31N9O4/c1-30(9-12-33)29-18-3-2-8-32(15-18)23-26-21(19(20(24)34)27-28-23)25-17-6-4-16(5-7-17)22(35)31-10-13-36-14-11-31/h4-7,12,18,29H,2-3,8-11,13-15H2,1H3,(H2,24,34)(H,25,26,28)/t18-/m1/s1. The number of hydrazine groups is 1. The first kappa shape index (κ1) is 25.4. The molecule has 0 bridgehead atoms. The van der Waals surface area contributed by atoms with E-state index < -0.39 is 5.91 Å². The number of aldehydes is 1. The third-order valence-electron chi connectivity index (χ3n) is 6.06. The summed E-state index contributed by atoms with van der Waals surface area (Å²) in [5.41, 5.74) is 9.91. The number of hydrogen-bond acceptors (Lipinski definition) is 11. The molecule has 0 spiro atoms. The van der Waals surface area contributed by atoms with Crippen molar-refractivity contribution >= 4 is 35.6 Å². The van der Waals surface area contributed by atoms with E-state index in [0.29, 0.717) is 50.0 Å². The van der Waals surface area contributed by atoms with Gasteiger partial charge in [0, 0.05) is 50.5 Å². The monoisotopic (exact) mass is 497 g/mol. The van der Waals surface area contributed by atoms with E-state index in [-0.39, 0.29) is 30.0 Å². The van der Waals surface area contributed by atoms with Crippen molar-refractivity contribution in [1.29, 1.82) is 0 Å². The van der Waals surface area contributed by atoms with Crippen LogP contribution in [0.15, 0.2) is 24.3 Å². The van der Waals surface area contributed by atoms with E-state index in [9.17, 15) is 14.4 Å². The van der Waals surface area contributed by atoms with E-state index in [1.54, 1.807) is 34.2 Å². The van der Waals surface area contributed by atoms with E-state index in [0.717, 1.165) is 25.7 Å². The number of carbonyl (C=O) groups excluding carboxylic acids is 3. The minimum Gasteiger partial charge on any atom is -0.378 e. The lowest BCUT2D eigenvalue weighted by Crippen LogP contribution is -2.52. The van der Waals surface area contributed by atoms with Crippen molar-refractivity contribution in [2.24, 2.45) is 5.73 Å². The van der Waals surface area contributed by atoms with Gasteiger partial charge in [0.2, 0.25) is 5.95 Å². The zero-order valence-electron chi connectivity index (χ0n) is 20.2. The van der Waals surface area contributed by atoms with Gasteiger partial charge in [-0.1, -0.05) is 0 Å². The van der Waals surface area contributed by atoms with Gasteiger partial charge in [0.05, 0.1) is 19.8 Å². The number of ether oxygens (including phenoxy) is 1. The quantitative estimate of drug-likeness (QED) is 0.311. The van der Waals surface area contributed by atoms with Crippen LogP contribution in [0.2, 0.25) is 0 Å². The maximum Gasteiger partial charge on any atom is 0.273 e. The normalized spacial score (nSPS) is 18.2. The summed E-state index contributed by atoms with van der Waals surface area (Å²) in [6.07, 6.45) is 2.67. The Labute approximate surface area is 209 Å². The number of aromatic nitrogens is 3. The van der Waals surface area contributed by atoms with Gasteiger partial charge in [0.25, 0.3) is 11.8 Å². The molecule has 1 atom stereocenters. The molecular formula is C23H31N9O4. The number of amides is 2. The number of primary amides is 1. The van der Waals surface area contributed by atoms with Crippen LogP contribution >= 0.6 is 0 Å². The maximum absolute atomic E-state index is 12.7. The third kappa shape index (κ3) is 6.30. The van der Waals surface area contributed by atoms with Crippen molar-refractivity contribution in [1.82, 2.24) is 30.5 Å². The SMILES string of the molecule is CN(CC=O)N[C@@H]1CCCN(c2nnc(C(N)=O)c(Nc3ccc(C(=O)N4CCOCC4)cc3)n2)C1. The zero-order chi connectivity index (χ0) is 25.5. The molecule has 0 aliphatic carbocycles. The summed E-state index contributed by atoms with van der Waals surface area (Å²) in [7, 11) is 1.81. The topological polar surface area (TPSA) is 159 Å². The van der Waals surface area contributed by atoms with Gasteiger partial charge in [-0.3, -0.25) is 15.0 Å². The Hall–Kier alpha value is -3.68. The molecule has 0 unspecified atom stereocenters. The summed E-state index contributed by atoms with van der Waals surface area (Å²) in [6.45, 7) is 3.82. The molecule has 1 aromatic carbocycles. The lowest BCUT2D eigenvalue weighted by Gasteiger charge is -2.35. The molecule has 13 nitrogen and oxygen atoms in total. The Balaban J connectivity index is 1.48. The van der Waals surface area contributed by atoms with Gasteiger partial charge in [-0.05, 0) is 37.1 Å². The highest BCUT2D eigenvalue weighted by atomic mass is 16.5. The van der Waals surface area contributed by atoms with Crippen molar-refractivity contribution < 1.29 is 19.1 Å². The predicted molar refractivity (Wildman–Crippen MR) is 132 cm³/mol. The van der Waals surface area contributed by atoms with Gasteiger partial charge in [-0.25, -0.2) is 5.01 Å². The number of carbonyl (C=O) groups is 3. The number of morpholine rings is 1. The summed E-state index contributed by atoms with van der Waals surface area (Å²) < 4.78 is 5.31. The minimum absolute atomic E-state index is 0.0549. The molecule has 4 N–H and O–H groups in total. The third-order valence-corrected chi connectivity index (χ3v) is 6.06. The molecular weight excluding hydrogens is 466 g/mol. The maximum atomic E-state index is 12.7. The number of rotatable bonds is 9. The molecule has 3 heterocycles. The van der Waals surface area contributed by atoms with Crippen molar-refractivity contribution in [3.63, 3.8) is 0 Å². The number of nitrogens with one attached hydrogen (secondary N) is 2. The lowest BCUT2D eigenvalue weighted by molar-refractivity contribution is -0.109. The smallest absolute Gasteiger partial charge is 0.273 e. The highest BCUT2D eigenvalue weighted by Crippen LogP contribution is 2.22. The molecule has 0 radical (unpaired) electrons. The van der Waals surface area contributed by atoms with Gasteiger partial charge < -0.3 is 30.4 Å². The lowest BCUT2D eigenvalue weighted by atomic mass is 10.1. The Bertz CT molecular complexity index is 1080. The van der Waals surface area contributed by atoms with Gasteiger partial charge >= 0.3 is 0 Å². The van der Waals surface area contributed by atoms with E-state index in [1.807, 2.05) is 11.9 Å². The number of benzene rings is 1. The molecule has 0 saturated carbocycles. The number of nitrogens with zero attached hydrogens (tertiary/aromatic N) is 6. The van der Waals surface area contributed by atoms with Crippen molar-refractivity contribution in [2.45, 2.75) is 18.9 Å². The number of piperidine rings is 1. The first-order valence-corrected chi connectivity index (χ1v) is 11.9. The summed E-state index contributed by atoms with van der Waals surface area (Å²) in [6, 6.07) is 7.02. The van der Waals surface area contributed by atoms with Gasteiger partial charge in [0.15, 0.2) is 11.5 Å². The predicted octanol–water partition coefficient (Wildman–Crippen LogP) is -0.209. The van der Waals surface area contributed by atoms with Crippen LogP contribution < -0.4 is 21.4 Å². The second-order valence-electron chi connectivity index (χ2n) is 8.74. The largest absolute Gasteiger partial charge is 0.378 e. The first-order chi connectivity index (χ1) is 17.4. The molecule has 2 aliphatic rings.